The summed E-state index contributed by atoms with van der Waals surface area (Å²) in [5.41, 5.74) is 2.63. The van der Waals surface area contributed by atoms with Crippen LogP contribution < -0.4 is 16.6 Å². The third kappa shape index (κ3) is 8.50. The van der Waals surface area contributed by atoms with Gasteiger partial charge in [-0.15, -0.1) is 0 Å². The minimum atomic E-state index is -1.26. The molecule has 38 heavy (non-hydrogen) atoms. The summed E-state index contributed by atoms with van der Waals surface area (Å²) < 4.78 is 33.5. The second kappa shape index (κ2) is 11.5. The average molecular weight is 524 g/mol. The van der Waals surface area contributed by atoms with E-state index in [0.29, 0.717) is 33.9 Å². The zero-order valence-electron chi connectivity index (χ0n) is 21.9. The lowest BCUT2D eigenvalue weighted by molar-refractivity contribution is 0.0502. The van der Waals surface area contributed by atoms with Crippen LogP contribution in [0.5, 0.6) is 0 Å². The van der Waals surface area contributed by atoms with E-state index in [2.05, 4.69) is 32.6 Å². The van der Waals surface area contributed by atoms with Crippen molar-refractivity contribution in [3.05, 3.63) is 77.2 Å². The highest BCUT2D eigenvalue weighted by atomic mass is 19.1. The number of alkyl carbamates (subject to hydrolysis) is 1. The van der Waals surface area contributed by atoms with E-state index in [1.54, 1.807) is 65.1 Å². The number of carbonyl (C=O) groups excluding carboxylic acids is 1. The molecule has 0 aliphatic rings. The SMILES string of the molecule is CC(C)(O)C#Cc1ccc(-c2ccc(NN)nc2)c([C@H](Cc2cc(F)cc(F)c2)NC(=O)OC(C)(C)C)n1. The number of aromatic nitrogens is 2. The van der Waals surface area contributed by atoms with Crippen molar-refractivity contribution in [1.82, 2.24) is 15.3 Å². The maximum absolute atomic E-state index is 14.0. The summed E-state index contributed by atoms with van der Waals surface area (Å²) in [6.45, 7) is 8.25. The van der Waals surface area contributed by atoms with Gasteiger partial charge in [0, 0.05) is 23.4 Å². The molecule has 200 valence electrons. The zero-order chi connectivity index (χ0) is 28.1. The van der Waals surface area contributed by atoms with Gasteiger partial charge in [0.05, 0.1) is 11.7 Å². The van der Waals surface area contributed by atoms with Gasteiger partial charge in [-0.05, 0) is 88.9 Å². The van der Waals surface area contributed by atoms with Crippen LogP contribution in [-0.4, -0.2) is 32.4 Å². The number of nitrogens with zero attached hydrogens (tertiary/aromatic N) is 2. The Morgan fingerprint density at radius 2 is 1.79 bits per heavy atom. The number of pyridine rings is 2. The fourth-order valence-corrected chi connectivity index (χ4v) is 3.54. The Bertz CT molecular complexity index is 1330. The van der Waals surface area contributed by atoms with Gasteiger partial charge in [-0.2, -0.15) is 0 Å². The number of nitrogens with one attached hydrogen (secondary N) is 2. The zero-order valence-corrected chi connectivity index (χ0v) is 21.9. The van der Waals surface area contributed by atoms with Gasteiger partial charge >= 0.3 is 6.09 Å². The molecule has 8 nitrogen and oxygen atoms in total. The van der Waals surface area contributed by atoms with E-state index in [0.717, 1.165) is 6.07 Å². The van der Waals surface area contributed by atoms with Crippen LogP contribution in [0.3, 0.4) is 0 Å². The summed E-state index contributed by atoms with van der Waals surface area (Å²) in [6, 6.07) is 9.11. The lowest BCUT2D eigenvalue weighted by Gasteiger charge is -2.25. The molecule has 0 saturated carbocycles. The number of benzene rings is 1. The van der Waals surface area contributed by atoms with Crippen LogP contribution in [0.25, 0.3) is 11.1 Å². The van der Waals surface area contributed by atoms with E-state index in [4.69, 9.17) is 10.6 Å². The third-order valence-corrected chi connectivity index (χ3v) is 5.03. The molecule has 0 aliphatic carbocycles. The van der Waals surface area contributed by atoms with Crippen LogP contribution >= 0.6 is 0 Å². The molecule has 3 aromatic rings. The highest BCUT2D eigenvalue weighted by molar-refractivity contribution is 5.71. The number of hydrazine groups is 1. The molecule has 2 heterocycles. The quantitative estimate of drug-likeness (QED) is 0.211. The maximum atomic E-state index is 14.0. The van der Waals surface area contributed by atoms with Crippen LogP contribution in [0.1, 0.15) is 57.6 Å². The Morgan fingerprint density at radius 1 is 1.11 bits per heavy atom. The first kappa shape index (κ1) is 28.5. The highest BCUT2D eigenvalue weighted by Crippen LogP contribution is 2.30. The smallest absolute Gasteiger partial charge is 0.408 e. The van der Waals surface area contributed by atoms with Crippen LogP contribution in [0.4, 0.5) is 19.4 Å². The van der Waals surface area contributed by atoms with Gasteiger partial charge in [-0.3, -0.25) is 0 Å². The molecule has 10 heteroatoms. The lowest BCUT2D eigenvalue weighted by atomic mass is 9.95. The predicted molar refractivity (Wildman–Crippen MR) is 141 cm³/mol. The molecule has 0 fully saturated rings. The number of aliphatic hydroxyl groups is 1. The van der Waals surface area contributed by atoms with Crippen molar-refractivity contribution in [3.8, 4) is 23.0 Å². The standard InChI is InChI=1S/C28H31F2N5O3/c1-27(2,3)38-26(36)34-23(14-17-12-19(29)15-20(30)13-17)25-22(18-6-9-24(35-31)32-16-18)8-7-21(33-25)10-11-28(4,5)37/h6-9,12-13,15-16,23,37H,14,31H2,1-5H3,(H,32,35)(H,34,36)/t23-/m0/s1. The fourth-order valence-electron chi connectivity index (χ4n) is 3.54. The number of amides is 1. The molecule has 5 N–H and O–H groups in total. The number of nitrogens with two attached hydrogens (primary N) is 1. The normalized spacial score (nSPS) is 12.2. The first-order valence-electron chi connectivity index (χ1n) is 11.9. The van der Waals surface area contributed by atoms with Crippen molar-refractivity contribution < 1.29 is 23.4 Å². The first-order valence-corrected chi connectivity index (χ1v) is 11.9. The number of halogens is 2. The molecule has 1 amide bonds. The number of nitrogen functional groups attached to an aromatic ring is 1. The molecule has 0 saturated heterocycles. The van der Waals surface area contributed by atoms with Crippen molar-refractivity contribution >= 4 is 11.9 Å². The maximum Gasteiger partial charge on any atom is 0.408 e. The summed E-state index contributed by atoms with van der Waals surface area (Å²) in [5.74, 6) is 9.93. The van der Waals surface area contributed by atoms with Crippen molar-refractivity contribution in [2.75, 3.05) is 5.43 Å². The topological polar surface area (TPSA) is 122 Å². The predicted octanol–water partition coefficient (Wildman–Crippen LogP) is 4.64. The summed E-state index contributed by atoms with van der Waals surface area (Å²) in [5, 5.41) is 12.8. The molecule has 2 aromatic heterocycles. The van der Waals surface area contributed by atoms with Crippen molar-refractivity contribution in [3.63, 3.8) is 0 Å². The monoisotopic (exact) mass is 523 g/mol. The van der Waals surface area contributed by atoms with Crippen LogP contribution in [0.2, 0.25) is 0 Å². The third-order valence-electron chi connectivity index (χ3n) is 5.03. The van der Waals surface area contributed by atoms with Crippen LogP contribution in [-0.2, 0) is 11.2 Å². The van der Waals surface area contributed by atoms with Crippen molar-refractivity contribution in [2.45, 2.75) is 58.3 Å². The minimum absolute atomic E-state index is 0.00777. The molecule has 0 unspecified atom stereocenters. The van der Waals surface area contributed by atoms with E-state index in [1.165, 1.54) is 12.1 Å². The Balaban J connectivity index is 2.17. The summed E-state index contributed by atoms with van der Waals surface area (Å²) in [7, 11) is 0. The van der Waals surface area contributed by atoms with Crippen molar-refractivity contribution in [1.29, 1.82) is 0 Å². The fraction of sp³-hybridized carbons (Fsp3) is 0.321. The lowest BCUT2D eigenvalue weighted by Crippen LogP contribution is -2.36. The van der Waals surface area contributed by atoms with E-state index >= 15 is 0 Å². The second-order valence-electron chi connectivity index (χ2n) is 10.2. The Labute approximate surface area is 220 Å². The van der Waals surface area contributed by atoms with Crippen molar-refractivity contribution in [2.24, 2.45) is 5.84 Å². The molecular weight excluding hydrogens is 492 g/mol. The summed E-state index contributed by atoms with van der Waals surface area (Å²) in [4.78, 5) is 21.8. The molecule has 1 aromatic carbocycles. The van der Waals surface area contributed by atoms with E-state index in [-0.39, 0.29) is 6.42 Å². The molecule has 0 radical (unpaired) electrons. The average Bonchev–Trinajstić information content (AvgIpc) is 2.80. The number of anilines is 1. The Kier molecular flexibility index (Phi) is 8.66. The van der Waals surface area contributed by atoms with Gasteiger partial charge < -0.3 is 20.6 Å². The first-order chi connectivity index (χ1) is 17.7. The number of carbonyl (C=O) groups is 1. The van der Waals surface area contributed by atoms with E-state index in [9.17, 15) is 18.7 Å². The molecular formula is C28H31F2N5O3. The van der Waals surface area contributed by atoms with Gasteiger partial charge in [0.2, 0.25) is 0 Å². The van der Waals surface area contributed by atoms with E-state index < -0.39 is 35.0 Å². The molecule has 0 bridgehead atoms. The van der Waals surface area contributed by atoms with Crippen LogP contribution in [0.15, 0.2) is 48.7 Å². The Morgan fingerprint density at radius 3 is 2.34 bits per heavy atom. The number of hydrogen-bond acceptors (Lipinski definition) is 7. The molecule has 0 aliphatic heterocycles. The largest absolute Gasteiger partial charge is 0.444 e. The Hall–Kier alpha value is -4.07. The highest BCUT2D eigenvalue weighted by Gasteiger charge is 2.25. The van der Waals surface area contributed by atoms with Gasteiger partial charge in [-0.25, -0.2) is 29.4 Å². The number of ether oxygens (including phenoxy) is 1. The molecule has 3 rings (SSSR count). The second-order valence-corrected chi connectivity index (χ2v) is 10.2. The van der Waals surface area contributed by atoms with Gasteiger partial charge in [0.1, 0.15) is 34.3 Å². The minimum Gasteiger partial charge on any atom is -0.444 e. The summed E-state index contributed by atoms with van der Waals surface area (Å²) >= 11 is 0. The number of hydrogen-bond donors (Lipinski definition) is 4. The van der Waals surface area contributed by atoms with Gasteiger partial charge in [0.15, 0.2) is 0 Å². The van der Waals surface area contributed by atoms with Gasteiger partial charge in [-0.1, -0.05) is 5.92 Å². The van der Waals surface area contributed by atoms with E-state index in [1.807, 2.05) is 0 Å². The summed E-state index contributed by atoms with van der Waals surface area (Å²) in [6.07, 6.45) is 0.831. The molecule has 0 spiro atoms. The molecule has 1 atom stereocenters. The van der Waals surface area contributed by atoms with Crippen LogP contribution in [0, 0.1) is 23.5 Å². The van der Waals surface area contributed by atoms with Gasteiger partial charge in [0.25, 0.3) is 0 Å². The number of rotatable bonds is 6.